The maximum Gasteiger partial charge on any atom is 0.344 e. The van der Waals surface area contributed by atoms with Crippen LogP contribution in [0.25, 0.3) is 0 Å². The van der Waals surface area contributed by atoms with Gasteiger partial charge in [0, 0.05) is 0 Å². The number of hydrogen-bond donors (Lipinski definition) is 1. The highest BCUT2D eigenvalue weighted by molar-refractivity contribution is 6.16. The molecule has 0 heterocycles. The summed E-state index contributed by atoms with van der Waals surface area (Å²) in [6, 6.07) is 0. The molecule has 0 bridgehead atoms. The molecule has 0 saturated heterocycles. The fourth-order valence-corrected chi connectivity index (χ4v) is 1.16. The maximum atomic E-state index is 11.4. The van der Waals surface area contributed by atoms with Crippen LogP contribution in [-0.2, 0) is 14.3 Å². The van der Waals surface area contributed by atoms with Gasteiger partial charge in [-0.25, -0.2) is 4.79 Å². The molecule has 0 saturated carbocycles. The van der Waals surface area contributed by atoms with E-state index in [0.717, 1.165) is 5.57 Å². The van der Waals surface area contributed by atoms with Gasteiger partial charge in [0.05, 0.1) is 6.61 Å². The van der Waals surface area contributed by atoms with Gasteiger partial charge >= 0.3 is 5.97 Å². The van der Waals surface area contributed by atoms with Gasteiger partial charge in [0.15, 0.2) is 0 Å². The van der Waals surface area contributed by atoms with Crippen LogP contribution >= 0.6 is 0 Å². The number of esters is 1. The fourth-order valence-electron chi connectivity index (χ4n) is 1.16. The van der Waals surface area contributed by atoms with Crippen LogP contribution in [-0.4, -0.2) is 18.5 Å². The molecule has 2 N–H and O–H groups in total. The third-order valence-corrected chi connectivity index (χ3v) is 1.63. The van der Waals surface area contributed by atoms with E-state index in [0.29, 0.717) is 5.57 Å². The Hall–Kier alpha value is -1.58. The first-order chi connectivity index (χ1) is 6.90. The topological polar surface area (TPSA) is 69.4 Å². The number of amides is 1. The van der Waals surface area contributed by atoms with E-state index in [1.807, 2.05) is 13.8 Å². The Labute approximate surface area is 89.8 Å². The maximum absolute atomic E-state index is 11.4. The van der Waals surface area contributed by atoms with Crippen molar-refractivity contribution < 1.29 is 14.3 Å². The van der Waals surface area contributed by atoms with Crippen LogP contribution in [0.1, 0.15) is 27.7 Å². The van der Waals surface area contributed by atoms with Crippen molar-refractivity contribution in [3.63, 3.8) is 0 Å². The lowest BCUT2D eigenvalue weighted by atomic mass is 10.1. The number of allylic oxidation sites excluding steroid dienone is 3. The molecule has 4 nitrogen and oxygen atoms in total. The van der Waals surface area contributed by atoms with E-state index < -0.39 is 11.9 Å². The number of rotatable bonds is 4. The van der Waals surface area contributed by atoms with E-state index in [-0.39, 0.29) is 12.2 Å². The summed E-state index contributed by atoms with van der Waals surface area (Å²) in [7, 11) is 0. The molecule has 0 aliphatic rings. The molecule has 0 spiro atoms. The van der Waals surface area contributed by atoms with E-state index >= 15 is 0 Å². The van der Waals surface area contributed by atoms with Gasteiger partial charge in [0.25, 0.3) is 5.91 Å². The lowest BCUT2D eigenvalue weighted by Crippen LogP contribution is -2.23. The van der Waals surface area contributed by atoms with Crippen molar-refractivity contribution in [2.45, 2.75) is 27.7 Å². The Morgan fingerprint density at radius 3 is 2.13 bits per heavy atom. The monoisotopic (exact) mass is 211 g/mol. The highest BCUT2D eigenvalue weighted by Crippen LogP contribution is 2.10. The minimum atomic E-state index is -0.761. The molecule has 1 amide bonds. The zero-order valence-electron chi connectivity index (χ0n) is 9.59. The van der Waals surface area contributed by atoms with Crippen LogP contribution < -0.4 is 5.73 Å². The van der Waals surface area contributed by atoms with E-state index in [1.54, 1.807) is 19.9 Å². The van der Waals surface area contributed by atoms with Crippen molar-refractivity contribution in [1.29, 1.82) is 0 Å². The van der Waals surface area contributed by atoms with Gasteiger partial charge in [-0.1, -0.05) is 11.6 Å². The van der Waals surface area contributed by atoms with Crippen molar-refractivity contribution in [1.82, 2.24) is 0 Å². The van der Waals surface area contributed by atoms with Crippen molar-refractivity contribution in [3.05, 3.63) is 22.8 Å². The molecular weight excluding hydrogens is 194 g/mol. The normalized spacial score (nSPS) is 11.5. The van der Waals surface area contributed by atoms with Gasteiger partial charge in [-0.3, -0.25) is 4.79 Å². The number of ether oxygens (including phenoxy) is 1. The summed E-state index contributed by atoms with van der Waals surface area (Å²) in [5.41, 5.74) is 6.54. The Morgan fingerprint density at radius 1 is 1.27 bits per heavy atom. The molecule has 4 heteroatoms. The zero-order valence-corrected chi connectivity index (χ0v) is 9.59. The molecular formula is C11H17NO3. The molecule has 84 valence electrons. The van der Waals surface area contributed by atoms with Crippen LogP contribution in [0.3, 0.4) is 0 Å². The van der Waals surface area contributed by atoms with Gasteiger partial charge < -0.3 is 10.5 Å². The molecule has 0 unspecified atom stereocenters. The average Bonchev–Trinajstić information content (AvgIpc) is 2.01. The smallest absolute Gasteiger partial charge is 0.344 e. The molecule has 0 aromatic heterocycles. The minimum Gasteiger partial charge on any atom is -0.462 e. The number of nitrogens with two attached hydrogens (primary N) is 1. The molecule has 0 aromatic rings. The van der Waals surface area contributed by atoms with Gasteiger partial charge in [-0.05, 0) is 33.3 Å². The lowest BCUT2D eigenvalue weighted by molar-refractivity contribution is -0.140. The summed E-state index contributed by atoms with van der Waals surface area (Å²) >= 11 is 0. The molecule has 0 aromatic carbocycles. The number of carbonyl (C=O) groups excluding carboxylic acids is 2. The van der Waals surface area contributed by atoms with Gasteiger partial charge in [-0.15, -0.1) is 0 Å². The highest BCUT2D eigenvalue weighted by atomic mass is 16.5. The highest BCUT2D eigenvalue weighted by Gasteiger charge is 2.18. The molecule has 0 radical (unpaired) electrons. The molecule has 0 aliphatic heterocycles. The summed E-state index contributed by atoms with van der Waals surface area (Å²) < 4.78 is 4.74. The van der Waals surface area contributed by atoms with E-state index in [1.165, 1.54) is 0 Å². The first kappa shape index (κ1) is 13.4. The Morgan fingerprint density at radius 2 is 1.80 bits per heavy atom. The van der Waals surface area contributed by atoms with E-state index in [4.69, 9.17) is 10.5 Å². The van der Waals surface area contributed by atoms with E-state index in [2.05, 4.69) is 0 Å². The standard InChI is InChI=1S/C11H17NO3/c1-5-15-11(14)9(10(12)13)8(4)6-7(2)3/h6H,5H2,1-4H3,(H2,12,13)/b9-8-. The second-order valence-electron chi connectivity index (χ2n) is 3.36. The van der Waals surface area contributed by atoms with Crippen LogP contribution in [0.5, 0.6) is 0 Å². The van der Waals surface area contributed by atoms with Gasteiger partial charge in [0.1, 0.15) is 5.57 Å². The minimum absolute atomic E-state index is 0.0851. The first-order valence-corrected chi connectivity index (χ1v) is 4.72. The number of primary amides is 1. The van der Waals surface area contributed by atoms with Crippen molar-refractivity contribution in [2.75, 3.05) is 6.61 Å². The summed E-state index contributed by atoms with van der Waals surface area (Å²) in [5, 5.41) is 0. The summed E-state index contributed by atoms with van der Waals surface area (Å²) in [5.74, 6) is -1.43. The van der Waals surface area contributed by atoms with Gasteiger partial charge in [-0.2, -0.15) is 0 Å². The predicted octanol–water partition coefficient (Wildman–Crippen LogP) is 1.32. The third kappa shape index (κ3) is 4.44. The number of carbonyl (C=O) groups is 2. The first-order valence-electron chi connectivity index (χ1n) is 4.72. The summed E-state index contributed by atoms with van der Waals surface area (Å²) in [6.07, 6.45) is 1.72. The average molecular weight is 211 g/mol. The predicted molar refractivity (Wildman–Crippen MR) is 58.0 cm³/mol. The molecule has 0 fully saturated rings. The third-order valence-electron chi connectivity index (χ3n) is 1.63. The van der Waals surface area contributed by atoms with Crippen LogP contribution in [0.4, 0.5) is 0 Å². The summed E-state index contributed by atoms with van der Waals surface area (Å²) in [4.78, 5) is 22.5. The second kappa shape index (κ2) is 6.01. The second-order valence-corrected chi connectivity index (χ2v) is 3.36. The van der Waals surface area contributed by atoms with Crippen molar-refractivity contribution in [3.8, 4) is 0 Å². The van der Waals surface area contributed by atoms with Gasteiger partial charge in [0.2, 0.25) is 0 Å². The largest absolute Gasteiger partial charge is 0.462 e. The Kier molecular flexibility index (Phi) is 5.37. The molecule has 0 rings (SSSR count). The molecule has 15 heavy (non-hydrogen) atoms. The summed E-state index contributed by atoms with van der Waals surface area (Å²) in [6.45, 7) is 7.29. The number of hydrogen-bond acceptors (Lipinski definition) is 3. The van der Waals surface area contributed by atoms with Crippen LogP contribution in [0, 0.1) is 0 Å². The SMILES string of the molecule is CCOC(=O)/C(C(N)=O)=C(/C)C=C(C)C. The van der Waals surface area contributed by atoms with Crippen LogP contribution in [0.2, 0.25) is 0 Å². The van der Waals surface area contributed by atoms with E-state index in [9.17, 15) is 9.59 Å². The van der Waals surface area contributed by atoms with Crippen molar-refractivity contribution in [2.24, 2.45) is 5.73 Å². The zero-order chi connectivity index (χ0) is 12.0. The Balaban J connectivity index is 5.20. The molecule has 0 atom stereocenters. The van der Waals surface area contributed by atoms with Crippen LogP contribution in [0.15, 0.2) is 22.8 Å². The van der Waals surface area contributed by atoms with Crippen molar-refractivity contribution >= 4 is 11.9 Å². The molecule has 0 aliphatic carbocycles. The fraction of sp³-hybridized carbons (Fsp3) is 0.455. The lowest BCUT2D eigenvalue weighted by Gasteiger charge is -2.05. The quantitative estimate of drug-likeness (QED) is 0.251. The Bertz CT molecular complexity index is 323.